The molecule has 2 aliphatic heterocycles. The van der Waals surface area contributed by atoms with Crippen LogP contribution in [0.1, 0.15) is 67.5 Å². The summed E-state index contributed by atoms with van der Waals surface area (Å²) in [7, 11) is -3.89. The molecule has 17 heteroatoms. The third-order valence-electron chi connectivity index (χ3n) is 10.4. The number of hydrogen-bond acceptors (Lipinski definition) is 12. The van der Waals surface area contributed by atoms with E-state index >= 15 is 0 Å². The van der Waals surface area contributed by atoms with Gasteiger partial charge in [0.2, 0.25) is 27.7 Å². The number of ether oxygens (including phenoxy) is 1. The van der Waals surface area contributed by atoms with E-state index in [0.29, 0.717) is 48.0 Å². The van der Waals surface area contributed by atoms with Gasteiger partial charge < -0.3 is 20.3 Å². The molecule has 53 heavy (non-hydrogen) atoms. The number of hydrogen-bond donors (Lipinski definition) is 3. The first-order valence-electron chi connectivity index (χ1n) is 17.8. The van der Waals surface area contributed by atoms with E-state index < -0.39 is 68.5 Å². The van der Waals surface area contributed by atoms with Gasteiger partial charge in [0.1, 0.15) is 34.9 Å². The second-order valence-electron chi connectivity index (χ2n) is 14.1. The maximum Gasteiger partial charge on any atom is 0.263 e. The number of thiazole rings is 1. The Morgan fingerprint density at radius 2 is 1.85 bits per heavy atom. The summed E-state index contributed by atoms with van der Waals surface area (Å²) in [6.45, 7) is -0.0136. The molecule has 2 saturated carbocycles. The molecular weight excluding hydrogens is 721 g/mol. The Kier molecular flexibility index (Phi) is 9.30. The van der Waals surface area contributed by atoms with E-state index in [1.165, 1.54) is 22.9 Å². The first-order chi connectivity index (χ1) is 25.6. The maximum absolute atomic E-state index is 14.5. The first-order valence-corrected chi connectivity index (χ1v) is 20.3. The number of carbonyl (C=O) groups excluding carboxylic acids is 4. The highest BCUT2D eigenvalue weighted by Crippen LogP contribution is 2.46. The molecule has 0 spiro atoms. The summed E-state index contributed by atoms with van der Waals surface area (Å²) in [6.07, 6.45) is 12.1. The van der Waals surface area contributed by atoms with Gasteiger partial charge in [-0.25, -0.2) is 18.4 Å². The van der Waals surface area contributed by atoms with E-state index in [2.05, 4.69) is 35.3 Å². The average molecular weight is 759 g/mol. The highest BCUT2D eigenvalue weighted by atomic mass is 32.2. The first kappa shape index (κ1) is 35.0. The second kappa shape index (κ2) is 14.1. The molecule has 1 saturated heterocycles. The minimum Gasteiger partial charge on any atom is -0.472 e. The van der Waals surface area contributed by atoms with Crippen molar-refractivity contribution in [1.82, 2.24) is 40.2 Å². The topological polar surface area (TPSA) is 203 Å². The van der Waals surface area contributed by atoms with Crippen molar-refractivity contribution >= 4 is 66.8 Å². The molecule has 4 aromatic rings. The number of amides is 4. The zero-order chi connectivity index (χ0) is 36.7. The van der Waals surface area contributed by atoms with Crippen LogP contribution in [-0.2, 0) is 24.4 Å². The fourth-order valence-electron chi connectivity index (χ4n) is 7.32. The molecule has 8 rings (SSSR count). The van der Waals surface area contributed by atoms with Crippen molar-refractivity contribution in [3.05, 3.63) is 65.5 Å². The van der Waals surface area contributed by atoms with Gasteiger partial charge in [0.05, 0.1) is 23.5 Å². The standard InChI is InChI=1S/C36H38N8O7S2/c45-31-28-14-22(51-33-25-10-7-6-9-24(25)26-16-37-19-39-30(26)41-33)18-44(28)34(47)27(40-32(46)29-17-38-20-52-29)11-5-3-1-2-4-8-21-15-36(21,42-31)35(48)43-53(49,50)23-12-13-23/h4,6-10,16-17,19-23,27-28H,1-3,5,11-15,18H2,(H,40,46)(H,42,45)(H,43,48)/t21-,22-,27+,28+,36-/m1/s1. The third kappa shape index (κ3) is 7.06. The van der Waals surface area contributed by atoms with Crippen LogP contribution in [-0.4, -0.2) is 92.4 Å². The van der Waals surface area contributed by atoms with Gasteiger partial charge >= 0.3 is 0 Å². The van der Waals surface area contributed by atoms with Gasteiger partial charge in [-0.15, -0.1) is 11.3 Å². The Morgan fingerprint density at radius 1 is 1.02 bits per heavy atom. The van der Waals surface area contributed by atoms with Gasteiger partial charge in [-0.3, -0.25) is 28.9 Å². The predicted molar refractivity (Wildman–Crippen MR) is 194 cm³/mol. The molecule has 5 atom stereocenters. The van der Waals surface area contributed by atoms with E-state index in [0.717, 1.165) is 35.0 Å². The van der Waals surface area contributed by atoms with Crippen LogP contribution in [0.5, 0.6) is 5.88 Å². The molecule has 3 aromatic heterocycles. The van der Waals surface area contributed by atoms with Crippen molar-refractivity contribution in [1.29, 1.82) is 0 Å². The van der Waals surface area contributed by atoms with Crippen molar-refractivity contribution in [3.8, 4) is 5.88 Å². The number of allylic oxidation sites excluding steroid dienone is 1. The minimum atomic E-state index is -3.89. The van der Waals surface area contributed by atoms with Gasteiger partial charge in [0.15, 0.2) is 5.65 Å². The van der Waals surface area contributed by atoms with Crippen LogP contribution in [0.3, 0.4) is 0 Å². The number of carbonyl (C=O) groups is 4. The fourth-order valence-corrected chi connectivity index (χ4v) is 9.20. The Balaban J connectivity index is 1.12. The smallest absolute Gasteiger partial charge is 0.263 e. The van der Waals surface area contributed by atoms with Crippen LogP contribution in [0, 0.1) is 5.92 Å². The van der Waals surface area contributed by atoms with Gasteiger partial charge in [-0.2, -0.15) is 4.98 Å². The number of fused-ring (bicyclic) bond motifs is 5. The predicted octanol–water partition coefficient (Wildman–Crippen LogP) is 2.79. The van der Waals surface area contributed by atoms with Crippen molar-refractivity contribution in [3.63, 3.8) is 0 Å². The number of aromatic nitrogens is 4. The number of nitrogens with one attached hydrogen (secondary N) is 3. The fraction of sp³-hybridized carbons (Fsp3) is 0.444. The van der Waals surface area contributed by atoms with E-state index in [1.807, 2.05) is 36.4 Å². The summed E-state index contributed by atoms with van der Waals surface area (Å²) in [5.41, 5.74) is 0.453. The van der Waals surface area contributed by atoms with Crippen molar-refractivity contribution < 1.29 is 32.3 Å². The zero-order valence-corrected chi connectivity index (χ0v) is 30.3. The average Bonchev–Trinajstić information content (AvgIpc) is 4.01. The number of benzene rings is 1. The maximum atomic E-state index is 14.5. The van der Waals surface area contributed by atoms with Crippen LogP contribution in [0.25, 0.3) is 21.8 Å². The molecule has 4 aliphatic rings. The van der Waals surface area contributed by atoms with Crippen LogP contribution < -0.4 is 20.1 Å². The molecule has 3 N–H and O–H groups in total. The van der Waals surface area contributed by atoms with E-state index in [-0.39, 0.29) is 25.3 Å². The summed E-state index contributed by atoms with van der Waals surface area (Å²) in [5.74, 6) is -2.47. The molecule has 15 nitrogen and oxygen atoms in total. The lowest BCUT2D eigenvalue weighted by molar-refractivity contribution is -0.141. The summed E-state index contributed by atoms with van der Waals surface area (Å²) in [4.78, 5) is 74.8. The largest absolute Gasteiger partial charge is 0.472 e. The number of sulfonamides is 1. The SMILES string of the molecule is O=C(N[C@H]1CCCCCC=C[C@@H]2C[C@@]2(C(=O)NS(=O)(=O)C2CC2)NC(=O)[C@@H]2C[C@@H](Oc3nc4ncncc4c4ccccc34)CN2C1=O)c1cncs1. The van der Waals surface area contributed by atoms with Crippen LogP contribution in [0.4, 0.5) is 0 Å². The summed E-state index contributed by atoms with van der Waals surface area (Å²) in [6, 6.07) is 5.45. The summed E-state index contributed by atoms with van der Waals surface area (Å²) in [5, 5.41) is 7.40. The molecule has 0 radical (unpaired) electrons. The van der Waals surface area contributed by atoms with E-state index in [9.17, 15) is 27.6 Å². The highest BCUT2D eigenvalue weighted by Gasteiger charge is 2.62. The minimum absolute atomic E-state index is 0.0136. The third-order valence-corrected chi connectivity index (χ3v) is 13.0. The Morgan fingerprint density at radius 3 is 2.64 bits per heavy atom. The van der Waals surface area contributed by atoms with Crippen molar-refractivity contribution in [2.45, 2.75) is 86.8 Å². The van der Waals surface area contributed by atoms with Gasteiger partial charge in [0.25, 0.3) is 11.8 Å². The number of pyridine rings is 1. The quantitative estimate of drug-likeness (QED) is 0.185. The number of nitrogens with zero attached hydrogens (tertiary/aromatic N) is 5. The lowest BCUT2D eigenvalue weighted by atomic mass is 10.0. The number of rotatable bonds is 7. The Bertz CT molecular complexity index is 2230. The van der Waals surface area contributed by atoms with Gasteiger partial charge in [0, 0.05) is 29.3 Å². The molecule has 276 valence electrons. The van der Waals surface area contributed by atoms with Crippen molar-refractivity contribution in [2.24, 2.45) is 5.92 Å². The van der Waals surface area contributed by atoms with Gasteiger partial charge in [-0.05, 0) is 50.0 Å². The van der Waals surface area contributed by atoms with Gasteiger partial charge in [-0.1, -0.05) is 43.2 Å². The van der Waals surface area contributed by atoms with E-state index in [4.69, 9.17) is 4.74 Å². The zero-order valence-electron chi connectivity index (χ0n) is 28.6. The van der Waals surface area contributed by atoms with Crippen LogP contribution >= 0.6 is 11.3 Å². The second-order valence-corrected chi connectivity index (χ2v) is 17.0. The normalized spacial score (nSPS) is 26.5. The van der Waals surface area contributed by atoms with Crippen LogP contribution in [0.2, 0.25) is 0 Å². The molecule has 2 aliphatic carbocycles. The molecule has 3 fully saturated rings. The molecule has 5 heterocycles. The molecule has 1 aromatic carbocycles. The lowest BCUT2D eigenvalue weighted by Crippen LogP contribution is -2.58. The molecular formula is C36H38N8O7S2. The van der Waals surface area contributed by atoms with Crippen molar-refractivity contribution in [2.75, 3.05) is 6.54 Å². The summed E-state index contributed by atoms with van der Waals surface area (Å²) >= 11 is 1.15. The van der Waals surface area contributed by atoms with Crippen LogP contribution in [0.15, 0.2) is 60.6 Å². The Hall–Kier alpha value is -5.03. The lowest BCUT2D eigenvalue weighted by Gasteiger charge is -2.29. The summed E-state index contributed by atoms with van der Waals surface area (Å²) < 4.78 is 34.4. The molecule has 0 bridgehead atoms. The molecule has 4 amide bonds. The highest BCUT2D eigenvalue weighted by molar-refractivity contribution is 7.91. The van der Waals surface area contributed by atoms with E-state index in [1.54, 1.807) is 6.20 Å². The monoisotopic (exact) mass is 758 g/mol. The molecule has 0 unspecified atom stereocenters. The Labute approximate surface area is 309 Å².